The molecule has 9 heteroatoms. The van der Waals surface area contributed by atoms with Gasteiger partial charge in [0.2, 0.25) is 9.84 Å². The Kier molecular flexibility index (Phi) is 6.05. The van der Waals surface area contributed by atoms with Gasteiger partial charge in [-0.2, -0.15) is 0 Å². The summed E-state index contributed by atoms with van der Waals surface area (Å²) in [5.74, 6) is -0.878. The van der Waals surface area contributed by atoms with E-state index in [1.807, 2.05) is 0 Å². The molecule has 0 bridgehead atoms. The van der Waals surface area contributed by atoms with Crippen molar-refractivity contribution in [2.45, 2.75) is 4.90 Å². The van der Waals surface area contributed by atoms with Crippen molar-refractivity contribution in [3.8, 4) is 5.75 Å². The summed E-state index contributed by atoms with van der Waals surface area (Å²) in [6.07, 6.45) is 0. The zero-order valence-corrected chi connectivity index (χ0v) is 15.1. The van der Waals surface area contributed by atoms with Gasteiger partial charge in [0.05, 0.1) is 12.0 Å². The Morgan fingerprint density at radius 1 is 1.04 bits per heavy atom. The van der Waals surface area contributed by atoms with Crippen molar-refractivity contribution < 1.29 is 22.3 Å². The van der Waals surface area contributed by atoms with Crippen molar-refractivity contribution in [1.29, 1.82) is 0 Å². The van der Waals surface area contributed by atoms with Gasteiger partial charge in [-0.1, -0.05) is 23.2 Å². The lowest BCUT2D eigenvalue weighted by atomic mass is 10.2. The first kappa shape index (κ1) is 19.2. The minimum Gasteiger partial charge on any atom is -0.497 e. The molecule has 0 aromatic heterocycles. The van der Waals surface area contributed by atoms with Crippen molar-refractivity contribution in [3.05, 3.63) is 69.4 Å². The number of ether oxygens (including phenoxy) is 1. The first-order chi connectivity index (χ1) is 11.8. The van der Waals surface area contributed by atoms with Gasteiger partial charge in [-0.05, 0) is 48.5 Å². The highest BCUT2D eigenvalue weighted by Crippen LogP contribution is 2.26. The van der Waals surface area contributed by atoms with E-state index in [1.165, 1.54) is 43.5 Å². The van der Waals surface area contributed by atoms with Crippen LogP contribution in [0.5, 0.6) is 5.75 Å². The standard InChI is InChI=1S/C16H12Cl2FNO4S/c1-24-12-6-8-13(9-7-12)25(22,23)16(14(17)18)20-15(21)10-2-4-11(19)5-3-10/h2-9H,1H3,(H,20,21). The Balaban J connectivity index is 2.35. The second kappa shape index (κ2) is 7.86. The molecule has 0 spiro atoms. The maximum atomic E-state index is 12.9. The molecule has 2 aromatic rings. The van der Waals surface area contributed by atoms with E-state index in [0.717, 1.165) is 12.1 Å². The average Bonchev–Trinajstić information content (AvgIpc) is 2.59. The third kappa shape index (κ3) is 4.50. The fraction of sp³-hybridized carbons (Fsp3) is 0.0625. The fourth-order valence-electron chi connectivity index (χ4n) is 1.87. The maximum Gasteiger partial charge on any atom is 0.256 e. The van der Waals surface area contributed by atoms with Crippen molar-refractivity contribution in [1.82, 2.24) is 5.32 Å². The summed E-state index contributed by atoms with van der Waals surface area (Å²) >= 11 is 11.3. The van der Waals surface area contributed by atoms with Gasteiger partial charge in [-0.25, -0.2) is 12.8 Å². The molecular weight excluding hydrogens is 392 g/mol. The second-order valence-corrected chi connectivity index (χ2v) is 7.57. The predicted molar refractivity (Wildman–Crippen MR) is 92.8 cm³/mol. The lowest BCUT2D eigenvalue weighted by Crippen LogP contribution is -2.28. The first-order valence-electron chi connectivity index (χ1n) is 6.77. The zero-order chi connectivity index (χ0) is 18.6. The van der Waals surface area contributed by atoms with E-state index >= 15 is 0 Å². The summed E-state index contributed by atoms with van der Waals surface area (Å²) in [5, 5.41) is 1.48. The third-order valence-electron chi connectivity index (χ3n) is 3.14. The van der Waals surface area contributed by atoms with Crippen molar-refractivity contribution in [2.75, 3.05) is 7.11 Å². The van der Waals surface area contributed by atoms with Crippen LogP contribution in [0.2, 0.25) is 0 Å². The normalized spacial score (nSPS) is 10.9. The van der Waals surface area contributed by atoms with Crippen LogP contribution < -0.4 is 10.1 Å². The van der Waals surface area contributed by atoms with Crippen LogP contribution in [0.3, 0.4) is 0 Å². The van der Waals surface area contributed by atoms with Crippen LogP contribution in [-0.4, -0.2) is 21.4 Å². The quantitative estimate of drug-likeness (QED) is 0.826. The number of nitrogens with one attached hydrogen (secondary N) is 1. The number of sulfone groups is 1. The number of carbonyl (C=O) groups excluding carboxylic acids is 1. The van der Waals surface area contributed by atoms with Gasteiger partial charge in [0, 0.05) is 5.56 Å². The predicted octanol–water partition coefficient (Wildman–Crippen LogP) is 3.64. The molecule has 0 aliphatic heterocycles. The Morgan fingerprint density at radius 2 is 1.60 bits per heavy atom. The molecule has 0 saturated carbocycles. The van der Waals surface area contributed by atoms with E-state index in [1.54, 1.807) is 0 Å². The highest BCUT2D eigenvalue weighted by Gasteiger charge is 2.26. The molecule has 0 aliphatic carbocycles. The molecule has 132 valence electrons. The Bertz CT molecular complexity index is 906. The van der Waals surface area contributed by atoms with E-state index in [0.29, 0.717) is 5.75 Å². The van der Waals surface area contributed by atoms with Gasteiger partial charge in [0.15, 0.2) is 5.03 Å². The molecule has 1 N–H and O–H groups in total. The monoisotopic (exact) mass is 403 g/mol. The summed E-state index contributed by atoms with van der Waals surface area (Å²) in [6, 6.07) is 9.98. The van der Waals surface area contributed by atoms with Crippen LogP contribution in [0.15, 0.2) is 62.9 Å². The molecule has 0 heterocycles. The Morgan fingerprint density at radius 3 is 2.08 bits per heavy atom. The van der Waals surface area contributed by atoms with E-state index < -0.39 is 31.1 Å². The summed E-state index contributed by atoms with van der Waals surface area (Å²) in [5.41, 5.74) is 0.0402. The molecule has 1 amide bonds. The van der Waals surface area contributed by atoms with Gasteiger partial charge in [-0.15, -0.1) is 0 Å². The van der Waals surface area contributed by atoms with Crippen molar-refractivity contribution >= 4 is 38.9 Å². The molecule has 0 aliphatic rings. The van der Waals surface area contributed by atoms with Gasteiger partial charge in [-0.3, -0.25) is 4.79 Å². The van der Waals surface area contributed by atoms with E-state index in [9.17, 15) is 17.6 Å². The molecule has 0 atom stereocenters. The number of carbonyl (C=O) groups is 1. The number of methoxy groups -OCH3 is 1. The van der Waals surface area contributed by atoms with E-state index in [2.05, 4.69) is 5.32 Å². The third-order valence-corrected chi connectivity index (χ3v) is 5.48. The van der Waals surface area contributed by atoms with E-state index in [-0.39, 0.29) is 10.5 Å². The molecule has 5 nitrogen and oxygen atoms in total. The number of hydrogen-bond donors (Lipinski definition) is 1. The lowest BCUT2D eigenvalue weighted by Gasteiger charge is -2.12. The minimum atomic E-state index is -4.18. The number of halogens is 3. The van der Waals surface area contributed by atoms with Crippen LogP contribution in [0.1, 0.15) is 10.4 Å². The Hall–Kier alpha value is -2.09. The van der Waals surface area contributed by atoms with Crippen LogP contribution in [-0.2, 0) is 9.84 Å². The van der Waals surface area contributed by atoms with Gasteiger partial charge >= 0.3 is 0 Å². The smallest absolute Gasteiger partial charge is 0.256 e. The Labute approximate surface area is 153 Å². The summed E-state index contributed by atoms with van der Waals surface area (Å²) in [4.78, 5) is 12.0. The first-order valence-corrected chi connectivity index (χ1v) is 9.01. The zero-order valence-electron chi connectivity index (χ0n) is 12.8. The average molecular weight is 404 g/mol. The highest BCUT2D eigenvalue weighted by atomic mass is 35.5. The van der Waals surface area contributed by atoms with Gasteiger partial charge < -0.3 is 10.1 Å². The molecule has 0 saturated heterocycles. The van der Waals surface area contributed by atoms with Crippen LogP contribution in [0.25, 0.3) is 0 Å². The number of hydrogen-bond acceptors (Lipinski definition) is 4. The summed E-state index contributed by atoms with van der Waals surface area (Å²) < 4.78 is 42.6. The molecule has 2 aromatic carbocycles. The van der Waals surface area contributed by atoms with Gasteiger partial charge in [0.1, 0.15) is 16.1 Å². The highest BCUT2D eigenvalue weighted by molar-refractivity contribution is 7.95. The lowest BCUT2D eigenvalue weighted by molar-refractivity contribution is 0.0968. The molecule has 25 heavy (non-hydrogen) atoms. The van der Waals surface area contributed by atoms with Crippen molar-refractivity contribution in [3.63, 3.8) is 0 Å². The number of benzene rings is 2. The molecule has 0 radical (unpaired) electrons. The van der Waals surface area contributed by atoms with E-state index in [4.69, 9.17) is 27.9 Å². The fourth-order valence-corrected chi connectivity index (χ4v) is 3.73. The SMILES string of the molecule is COc1ccc(S(=O)(=O)C(NC(=O)c2ccc(F)cc2)=C(Cl)Cl)cc1. The van der Waals surface area contributed by atoms with Crippen LogP contribution in [0.4, 0.5) is 4.39 Å². The molecule has 0 fully saturated rings. The number of amides is 1. The topological polar surface area (TPSA) is 72.5 Å². The maximum absolute atomic E-state index is 12.9. The molecular formula is C16H12Cl2FNO4S. The molecule has 0 unspecified atom stereocenters. The minimum absolute atomic E-state index is 0.0402. The van der Waals surface area contributed by atoms with Crippen molar-refractivity contribution in [2.24, 2.45) is 0 Å². The van der Waals surface area contributed by atoms with Crippen LogP contribution >= 0.6 is 23.2 Å². The summed E-state index contributed by atoms with van der Waals surface area (Å²) in [7, 11) is -2.74. The molecule has 2 rings (SSSR count). The van der Waals surface area contributed by atoms with Crippen LogP contribution in [0, 0.1) is 5.82 Å². The second-order valence-electron chi connectivity index (χ2n) is 4.73. The largest absolute Gasteiger partial charge is 0.497 e. The van der Waals surface area contributed by atoms with Gasteiger partial charge in [0.25, 0.3) is 5.91 Å². The summed E-state index contributed by atoms with van der Waals surface area (Å²) in [6.45, 7) is 0. The number of rotatable bonds is 5.